The number of carbonyl (C=O) groups is 2. The molecule has 3 rings (SSSR count). The van der Waals surface area contributed by atoms with Crippen molar-refractivity contribution in [3.63, 3.8) is 0 Å². The van der Waals surface area contributed by atoms with Crippen molar-refractivity contribution in [2.45, 2.75) is 18.1 Å². The van der Waals surface area contributed by atoms with Gasteiger partial charge in [0.1, 0.15) is 12.7 Å². The fourth-order valence-corrected chi connectivity index (χ4v) is 2.99. The van der Waals surface area contributed by atoms with Crippen LogP contribution in [-0.4, -0.2) is 42.3 Å². The molecule has 2 N–H and O–H groups in total. The number of ether oxygens (including phenoxy) is 2. The Morgan fingerprint density at radius 2 is 1.65 bits per heavy atom. The van der Waals surface area contributed by atoms with E-state index in [4.69, 9.17) is 9.47 Å². The van der Waals surface area contributed by atoms with E-state index < -0.39 is 23.5 Å². The molecule has 1 atom stereocenters. The summed E-state index contributed by atoms with van der Waals surface area (Å²) in [5.41, 5.74) is 0.474. The summed E-state index contributed by atoms with van der Waals surface area (Å²) in [4.78, 5) is 23.8. The number of carbonyl (C=O) groups excluding carboxylic acids is 1. The summed E-state index contributed by atoms with van der Waals surface area (Å²) in [5, 5.41) is 12.0. The minimum Gasteiger partial charge on any atom is -0.479 e. The lowest BCUT2D eigenvalue weighted by atomic mass is 9.99. The summed E-state index contributed by atoms with van der Waals surface area (Å²) in [6.07, 6.45) is -0.168. The molecule has 136 valence electrons. The van der Waals surface area contributed by atoms with Gasteiger partial charge in [-0.3, -0.25) is 4.79 Å². The number of aliphatic carboxylic acids is 1. The first kappa shape index (κ1) is 18.1. The van der Waals surface area contributed by atoms with Crippen molar-refractivity contribution < 1.29 is 24.2 Å². The molecule has 1 unspecified atom stereocenters. The molecule has 1 fully saturated rings. The van der Waals surface area contributed by atoms with Crippen LogP contribution in [0.4, 0.5) is 0 Å². The second-order valence-electron chi connectivity index (χ2n) is 6.25. The zero-order chi connectivity index (χ0) is 18.4. The third-order valence-corrected chi connectivity index (χ3v) is 4.40. The fourth-order valence-electron chi connectivity index (χ4n) is 2.99. The minimum atomic E-state index is -1.37. The molecule has 0 saturated carbocycles. The number of hydrogen-bond donors (Lipinski definition) is 2. The third kappa shape index (κ3) is 4.09. The molecular weight excluding hydrogens is 334 g/mol. The van der Waals surface area contributed by atoms with Gasteiger partial charge >= 0.3 is 5.97 Å². The van der Waals surface area contributed by atoms with Gasteiger partial charge in [0.25, 0.3) is 0 Å². The summed E-state index contributed by atoms with van der Waals surface area (Å²) in [6, 6.07) is 19.2. The Labute approximate surface area is 151 Å². The molecule has 6 heteroatoms. The normalized spacial score (nSPS) is 19.4. The number of nitrogens with one attached hydrogen (secondary N) is 1. The maximum absolute atomic E-state index is 12.3. The Morgan fingerprint density at radius 1 is 1.08 bits per heavy atom. The molecule has 1 heterocycles. The van der Waals surface area contributed by atoms with Crippen LogP contribution in [0.5, 0.6) is 0 Å². The topological polar surface area (TPSA) is 84.9 Å². The fraction of sp³-hybridized carbons (Fsp3) is 0.300. The molecule has 0 bridgehead atoms. The van der Waals surface area contributed by atoms with Gasteiger partial charge in [-0.05, 0) is 11.1 Å². The highest BCUT2D eigenvalue weighted by Crippen LogP contribution is 2.26. The van der Waals surface area contributed by atoms with Crippen molar-refractivity contribution >= 4 is 11.9 Å². The van der Waals surface area contributed by atoms with E-state index in [1.807, 2.05) is 60.7 Å². The van der Waals surface area contributed by atoms with Crippen molar-refractivity contribution in [2.24, 2.45) is 0 Å². The van der Waals surface area contributed by atoms with Crippen LogP contribution in [0.3, 0.4) is 0 Å². The maximum atomic E-state index is 12.3. The molecule has 1 saturated heterocycles. The van der Waals surface area contributed by atoms with E-state index in [9.17, 15) is 14.7 Å². The van der Waals surface area contributed by atoms with Crippen LogP contribution in [0.25, 0.3) is 0 Å². The van der Waals surface area contributed by atoms with Crippen LogP contribution in [-0.2, 0) is 19.1 Å². The van der Waals surface area contributed by atoms with Crippen molar-refractivity contribution in [2.75, 3.05) is 19.8 Å². The molecule has 1 aliphatic rings. The first-order valence-corrected chi connectivity index (χ1v) is 8.44. The van der Waals surface area contributed by atoms with Crippen LogP contribution in [0.2, 0.25) is 0 Å². The van der Waals surface area contributed by atoms with Gasteiger partial charge in [0.2, 0.25) is 5.91 Å². The molecule has 0 aliphatic carbocycles. The second-order valence-corrected chi connectivity index (χ2v) is 6.25. The van der Waals surface area contributed by atoms with E-state index in [1.165, 1.54) is 0 Å². The van der Waals surface area contributed by atoms with Gasteiger partial charge in [-0.1, -0.05) is 60.7 Å². The van der Waals surface area contributed by atoms with Crippen LogP contribution >= 0.6 is 0 Å². The Balaban J connectivity index is 1.70. The van der Waals surface area contributed by atoms with E-state index in [0.29, 0.717) is 6.61 Å². The highest BCUT2D eigenvalue weighted by Gasteiger charge is 2.43. The van der Waals surface area contributed by atoms with Gasteiger partial charge in [0.05, 0.1) is 6.61 Å². The van der Waals surface area contributed by atoms with Crippen molar-refractivity contribution in [1.82, 2.24) is 5.32 Å². The number of amides is 1. The van der Waals surface area contributed by atoms with E-state index in [-0.39, 0.29) is 19.6 Å². The Kier molecular flexibility index (Phi) is 5.65. The van der Waals surface area contributed by atoms with Crippen molar-refractivity contribution in [1.29, 1.82) is 0 Å². The predicted octanol–water partition coefficient (Wildman–Crippen LogP) is 2.15. The molecule has 26 heavy (non-hydrogen) atoms. The maximum Gasteiger partial charge on any atom is 0.331 e. The van der Waals surface area contributed by atoms with Gasteiger partial charge in [0, 0.05) is 13.0 Å². The van der Waals surface area contributed by atoms with Crippen molar-refractivity contribution in [3.05, 3.63) is 71.8 Å². The number of carboxylic acid groups (broad SMARTS) is 1. The Hall–Kier alpha value is -2.70. The molecule has 1 aliphatic heterocycles. The SMILES string of the molecule is O=C(COC(c1ccccc1)c1ccccc1)NC1(C(=O)O)CCOC1. The van der Waals surface area contributed by atoms with Crippen LogP contribution in [0.15, 0.2) is 60.7 Å². The summed E-state index contributed by atoms with van der Waals surface area (Å²) in [5.74, 6) is -1.57. The summed E-state index contributed by atoms with van der Waals surface area (Å²) >= 11 is 0. The Bertz CT molecular complexity index is 702. The highest BCUT2D eigenvalue weighted by atomic mass is 16.5. The molecule has 0 radical (unpaired) electrons. The lowest BCUT2D eigenvalue weighted by Crippen LogP contribution is -2.56. The standard InChI is InChI=1S/C20H21NO5/c22-17(21-20(19(23)24)11-12-25-14-20)13-26-18(15-7-3-1-4-8-15)16-9-5-2-6-10-16/h1-10,18H,11-14H2,(H,21,22)(H,23,24). The smallest absolute Gasteiger partial charge is 0.331 e. The minimum absolute atomic E-state index is 0.0329. The predicted molar refractivity (Wildman–Crippen MR) is 94.6 cm³/mol. The van der Waals surface area contributed by atoms with E-state index in [0.717, 1.165) is 11.1 Å². The number of benzene rings is 2. The van der Waals surface area contributed by atoms with Gasteiger partial charge in [-0.2, -0.15) is 0 Å². The third-order valence-electron chi connectivity index (χ3n) is 4.40. The average molecular weight is 355 g/mol. The molecule has 0 spiro atoms. The quantitative estimate of drug-likeness (QED) is 0.795. The number of rotatable bonds is 7. The molecule has 6 nitrogen and oxygen atoms in total. The molecule has 2 aromatic rings. The number of hydrogen-bond acceptors (Lipinski definition) is 4. The first-order valence-electron chi connectivity index (χ1n) is 8.44. The largest absolute Gasteiger partial charge is 0.479 e. The van der Waals surface area contributed by atoms with Gasteiger partial charge in [0.15, 0.2) is 5.54 Å². The van der Waals surface area contributed by atoms with Gasteiger partial charge in [-0.25, -0.2) is 4.79 Å². The monoisotopic (exact) mass is 355 g/mol. The summed E-state index contributed by atoms with van der Waals surface area (Å²) in [7, 11) is 0. The van der Waals surface area contributed by atoms with E-state index in [2.05, 4.69) is 5.32 Å². The van der Waals surface area contributed by atoms with Crippen LogP contribution in [0.1, 0.15) is 23.7 Å². The van der Waals surface area contributed by atoms with Gasteiger partial charge in [-0.15, -0.1) is 0 Å². The zero-order valence-corrected chi connectivity index (χ0v) is 14.3. The molecule has 2 aromatic carbocycles. The average Bonchev–Trinajstić information content (AvgIpc) is 3.13. The van der Waals surface area contributed by atoms with Crippen LogP contribution < -0.4 is 5.32 Å². The highest BCUT2D eigenvalue weighted by molar-refractivity contribution is 5.88. The molecular formula is C20H21NO5. The Morgan fingerprint density at radius 3 is 2.12 bits per heavy atom. The molecule has 0 aromatic heterocycles. The molecule has 1 amide bonds. The van der Waals surface area contributed by atoms with Crippen LogP contribution in [0, 0.1) is 0 Å². The lowest BCUT2D eigenvalue weighted by molar-refractivity contribution is -0.148. The van der Waals surface area contributed by atoms with E-state index >= 15 is 0 Å². The van der Waals surface area contributed by atoms with Gasteiger partial charge < -0.3 is 19.9 Å². The lowest BCUT2D eigenvalue weighted by Gasteiger charge is -2.25. The van der Waals surface area contributed by atoms with E-state index in [1.54, 1.807) is 0 Å². The van der Waals surface area contributed by atoms with Crippen molar-refractivity contribution in [3.8, 4) is 0 Å². The number of carboxylic acids is 1. The zero-order valence-electron chi connectivity index (χ0n) is 14.3. The second kappa shape index (κ2) is 8.12. The summed E-state index contributed by atoms with van der Waals surface area (Å²) in [6.45, 7) is 0.0302. The summed E-state index contributed by atoms with van der Waals surface area (Å²) < 4.78 is 11.0. The first-order chi connectivity index (χ1) is 12.6.